The average molecular weight is 299 g/mol. The minimum Gasteiger partial charge on any atom is -0.364 e. The summed E-state index contributed by atoms with van der Waals surface area (Å²) in [4.78, 5) is 16.7. The molecule has 1 saturated heterocycles. The first-order valence-electron chi connectivity index (χ1n) is 7.66. The van der Waals surface area contributed by atoms with Gasteiger partial charge in [0.2, 0.25) is 5.91 Å². The monoisotopic (exact) mass is 299 g/mol. The highest BCUT2D eigenvalue weighted by Gasteiger charge is 2.32. The normalized spacial score (nSPS) is 18.5. The minimum atomic E-state index is -0.0305. The first-order valence-corrected chi connectivity index (χ1v) is 7.66. The summed E-state index contributed by atoms with van der Waals surface area (Å²) in [5.74, 6) is 0.163. The van der Waals surface area contributed by atoms with Gasteiger partial charge in [-0.15, -0.1) is 0 Å². The van der Waals surface area contributed by atoms with E-state index in [2.05, 4.69) is 22.2 Å². The molecule has 3 rings (SSSR count). The number of rotatable bonds is 5. The summed E-state index contributed by atoms with van der Waals surface area (Å²) in [7, 11) is 1.83. The molecule has 2 aromatic rings. The average Bonchev–Trinajstić information content (AvgIpc) is 3.19. The summed E-state index contributed by atoms with van der Waals surface area (Å²) in [6.07, 6.45) is 3.53. The molecule has 0 spiro atoms. The molecule has 1 aliphatic rings. The van der Waals surface area contributed by atoms with Crippen molar-refractivity contribution in [2.24, 2.45) is 0 Å². The van der Waals surface area contributed by atoms with Crippen molar-refractivity contribution in [1.29, 1.82) is 0 Å². The van der Waals surface area contributed by atoms with E-state index in [1.165, 1.54) is 11.8 Å². The van der Waals surface area contributed by atoms with Gasteiger partial charge in [-0.05, 0) is 24.9 Å². The van der Waals surface area contributed by atoms with E-state index in [0.717, 1.165) is 31.6 Å². The van der Waals surface area contributed by atoms with Crippen LogP contribution in [-0.4, -0.2) is 40.5 Å². The van der Waals surface area contributed by atoms with Crippen molar-refractivity contribution in [3.63, 3.8) is 0 Å². The lowest BCUT2D eigenvalue weighted by Gasteiger charge is -2.27. The molecule has 1 aromatic carbocycles. The van der Waals surface area contributed by atoms with Crippen LogP contribution in [0.25, 0.3) is 0 Å². The van der Waals surface area contributed by atoms with Crippen LogP contribution in [0.4, 0.5) is 0 Å². The van der Waals surface area contributed by atoms with Crippen LogP contribution in [0.2, 0.25) is 0 Å². The van der Waals surface area contributed by atoms with Crippen LogP contribution in [0.5, 0.6) is 0 Å². The second-order valence-electron chi connectivity index (χ2n) is 5.80. The quantitative estimate of drug-likeness (QED) is 0.850. The fourth-order valence-electron chi connectivity index (χ4n) is 3.01. The molecular formula is C17H21N3O2. The second kappa shape index (κ2) is 6.75. The van der Waals surface area contributed by atoms with Crippen molar-refractivity contribution in [2.45, 2.75) is 32.0 Å². The van der Waals surface area contributed by atoms with E-state index in [1.807, 2.05) is 25.2 Å². The van der Waals surface area contributed by atoms with E-state index >= 15 is 0 Å². The fraction of sp³-hybridized carbons (Fsp3) is 0.412. The number of hydrogen-bond donors (Lipinski definition) is 0. The number of carbonyl (C=O) groups excluding carboxylic acids is 1. The largest absolute Gasteiger partial charge is 0.364 e. The number of aromatic nitrogens is 1. The van der Waals surface area contributed by atoms with E-state index in [4.69, 9.17) is 4.52 Å². The first kappa shape index (κ1) is 14.8. The van der Waals surface area contributed by atoms with Crippen molar-refractivity contribution in [1.82, 2.24) is 15.0 Å². The Bertz CT molecular complexity index is 598. The molecule has 116 valence electrons. The summed E-state index contributed by atoms with van der Waals surface area (Å²) in [6, 6.07) is 12.1. The van der Waals surface area contributed by atoms with Gasteiger partial charge >= 0.3 is 0 Å². The highest BCUT2D eigenvalue weighted by atomic mass is 16.5. The molecule has 1 atom stereocenters. The third kappa shape index (κ3) is 3.36. The third-order valence-corrected chi connectivity index (χ3v) is 4.14. The smallest absolute Gasteiger partial charge is 0.240 e. The maximum atomic E-state index is 12.7. The Hall–Kier alpha value is -2.14. The van der Waals surface area contributed by atoms with Gasteiger partial charge in [-0.2, -0.15) is 0 Å². The molecule has 0 radical (unpaired) electrons. The van der Waals surface area contributed by atoms with Crippen molar-refractivity contribution >= 4 is 5.91 Å². The highest BCUT2D eigenvalue weighted by Crippen LogP contribution is 2.22. The van der Waals surface area contributed by atoms with Crippen molar-refractivity contribution in [3.05, 3.63) is 53.9 Å². The summed E-state index contributed by atoms with van der Waals surface area (Å²) in [5.41, 5.74) is 2.03. The van der Waals surface area contributed by atoms with Crippen molar-refractivity contribution < 1.29 is 9.32 Å². The standard InChI is InChI=1S/C17H21N3O2/c1-19(13-15-9-11-22-18-15)17(21)16-8-5-10-20(16)12-14-6-3-2-4-7-14/h2-4,6-7,9,11,16H,5,8,10,12-13H2,1H3/t16-/m0/s1. The van der Waals surface area contributed by atoms with Crippen LogP contribution >= 0.6 is 0 Å². The Kier molecular flexibility index (Phi) is 4.53. The zero-order chi connectivity index (χ0) is 15.4. The molecule has 0 aliphatic carbocycles. The molecule has 1 amide bonds. The number of benzene rings is 1. The Morgan fingerprint density at radius 2 is 2.18 bits per heavy atom. The lowest BCUT2D eigenvalue weighted by Crippen LogP contribution is -2.43. The van der Waals surface area contributed by atoms with Gasteiger partial charge < -0.3 is 9.42 Å². The molecule has 0 unspecified atom stereocenters. The SMILES string of the molecule is CN(Cc1ccon1)C(=O)[C@@H]1CCCN1Cc1ccccc1. The zero-order valence-corrected chi connectivity index (χ0v) is 12.8. The van der Waals surface area contributed by atoms with Gasteiger partial charge in [0.1, 0.15) is 12.0 Å². The van der Waals surface area contributed by atoms with Gasteiger partial charge in [0.05, 0.1) is 12.6 Å². The molecule has 22 heavy (non-hydrogen) atoms. The maximum Gasteiger partial charge on any atom is 0.240 e. The summed E-state index contributed by atoms with van der Waals surface area (Å²) in [5, 5.41) is 3.87. The second-order valence-corrected chi connectivity index (χ2v) is 5.80. The molecule has 5 heteroatoms. The summed E-state index contributed by atoms with van der Waals surface area (Å²) < 4.78 is 4.82. The Balaban J connectivity index is 1.63. The Morgan fingerprint density at radius 3 is 2.91 bits per heavy atom. The first-order chi connectivity index (χ1) is 10.7. The van der Waals surface area contributed by atoms with Crippen LogP contribution in [-0.2, 0) is 17.9 Å². The number of hydrogen-bond acceptors (Lipinski definition) is 4. The maximum absolute atomic E-state index is 12.7. The fourth-order valence-corrected chi connectivity index (χ4v) is 3.01. The predicted octanol–water partition coefficient (Wildman–Crippen LogP) is 2.30. The van der Waals surface area contributed by atoms with Crippen LogP contribution in [0, 0.1) is 0 Å². The van der Waals surface area contributed by atoms with E-state index in [9.17, 15) is 4.79 Å². The van der Waals surface area contributed by atoms with Crippen molar-refractivity contribution in [3.8, 4) is 0 Å². The van der Waals surface area contributed by atoms with Crippen molar-refractivity contribution in [2.75, 3.05) is 13.6 Å². The molecular weight excluding hydrogens is 278 g/mol. The molecule has 1 fully saturated rings. The molecule has 1 aromatic heterocycles. The van der Waals surface area contributed by atoms with E-state index < -0.39 is 0 Å². The molecule has 1 aliphatic heterocycles. The number of amides is 1. The number of likely N-dealkylation sites (tertiary alicyclic amines) is 1. The van der Waals surface area contributed by atoms with Gasteiger partial charge in [-0.1, -0.05) is 35.5 Å². The van der Waals surface area contributed by atoms with Crippen LogP contribution < -0.4 is 0 Å². The van der Waals surface area contributed by atoms with Crippen LogP contribution in [0.15, 0.2) is 47.2 Å². The molecule has 0 bridgehead atoms. The predicted molar refractivity (Wildman–Crippen MR) is 82.9 cm³/mol. The number of likely N-dealkylation sites (N-methyl/N-ethyl adjacent to an activating group) is 1. The number of nitrogens with zero attached hydrogens (tertiary/aromatic N) is 3. The topological polar surface area (TPSA) is 49.6 Å². The van der Waals surface area contributed by atoms with Gasteiger partial charge in [0, 0.05) is 19.7 Å². The molecule has 2 heterocycles. The van der Waals surface area contributed by atoms with Crippen LogP contribution in [0.3, 0.4) is 0 Å². The van der Waals surface area contributed by atoms with Gasteiger partial charge in [-0.25, -0.2) is 0 Å². The highest BCUT2D eigenvalue weighted by molar-refractivity contribution is 5.81. The third-order valence-electron chi connectivity index (χ3n) is 4.14. The van der Waals surface area contributed by atoms with Gasteiger partial charge in [0.25, 0.3) is 0 Å². The van der Waals surface area contributed by atoms with Gasteiger partial charge in [-0.3, -0.25) is 9.69 Å². The molecule has 0 saturated carbocycles. The lowest BCUT2D eigenvalue weighted by atomic mass is 10.1. The minimum absolute atomic E-state index is 0.0305. The summed E-state index contributed by atoms with van der Waals surface area (Å²) >= 11 is 0. The number of carbonyl (C=O) groups is 1. The molecule has 0 N–H and O–H groups in total. The molecule has 5 nitrogen and oxygen atoms in total. The summed E-state index contributed by atoms with van der Waals surface area (Å²) in [6.45, 7) is 2.29. The zero-order valence-electron chi connectivity index (χ0n) is 12.8. The van der Waals surface area contributed by atoms with E-state index in [0.29, 0.717) is 6.54 Å². The van der Waals surface area contributed by atoms with Crippen LogP contribution in [0.1, 0.15) is 24.1 Å². The Morgan fingerprint density at radius 1 is 1.36 bits per heavy atom. The Labute approximate surface area is 130 Å². The lowest BCUT2D eigenvalue weighted by molar-refractivity contribution is -0.135. The van der Waals surface area contributed by atoms with Gasteiger partial charge in [0.15, 0.2) is 0 Å². The van der Waals surface area contributed by atoms with E-state index in [1.54, 1.807) is 11.0 Å². The van der Waals surface area contributed by atoms with E-state index in [-0.39, 0.29) is 11.9 Å².